The van der Waals surface area contributed by atoms with Gasteiger partial charge in [0.15, 0.2) is 0 Å². The Bertz CT molecular complexity index is 2310. The van der Waals surface area contributed by atoms with Crippen LogP contribution in [0.4, 0.5) is 0 Å². The van der Waals surface area contributed by atoms with Crippen molar-refractivity contribution in [2.75, 3.05) is 13.2 Å². The van der Waals surface area contributed by atoms with E-state index >= 15 is 0 Å². The normalized spacial score (nSPS) is 11.1. The molecule has 0 N–H and O–H groups in total. The highest BCUT2D eigenvalue weighted by atomic mass is 16.6. The van der Waals surface area contributed by atoms with Crippen LogP contribution in [0.5, 0.6) is 34.5 Å². The van der Waals surface area contributed by atoms with E-state index in [1.807, 2.05) is 24.3 Å². The van der Waals surface area contributed by atoms with Gasteiger partial charge in [-0.2, -0.15) is 0 Å². The van der Waals surface area contributed by atoms with E-state index in [1.165, 1.54) is 144 Å². The molecule has 5 rings (SSSR count). The van der Waals surface area contributed by atoms with E-state index in [-0.39, 0.29) is 34.1 Å². The Morgan fingerprint density at radius 2 is 0.721 bits per heavy atom. The fourth-order valence-electron chi connectivity index (χ4n) is 7.29. The molecule has 0 aliphatic carbocycles. The van der Waals surface area contributed by atoms with Crippen LogP contribution in [0.2, 0.25) is 0 Å². The lowest BCUT2D eigenvalue weighted by atomic mass is 10.1. The highest BCUT2D eigenvalue weighted by Gasteiger charge is 2.15. The average molecular weight is 925 g/mol. The molecule has 0 atom stereocenters. The standard InChI is InChI=1S/C58H68O10/c1-4-6-8-10-12-13-14-16-18-20-41-64-50-34-26-46(27-35-50)56(60)66-52-38-30-48(31-39-52)58(62)68-54-23-21-22-53(43-54)67-57(61)47-28-36-51(37-29-47)65-55(59)44(3)42-45-24-32-49(33-25-45)63-40-19-17-15-11-9-7-5-2/h21-39,42-43H,4-20,40-41H2,1-3H3/b44-42+. The third kappa shape index (κ3) is 19.3. The van der Waals surface area contributed by atoms with E-state index in [9.17, 15) is 19.2 Å². The fourth-order valence-corrected chi connectivity index (χ4v) is 7.29. The van der Waals surface area contributed by atoms with Crippen molar-refractivity contribution < 1.29 is 47.6 Å². The molecule has 0 unspecified atom stereocenters. The number of carbonyl (C=O) groups excluding carboxylic acids is 4. The first kappa shape index (κ1) is 52.3. The van der Waals surface area contributed by atoms with Gasteiger partial charge in [-0.1, -0.05) is 128 Å². The molecule has 0 saturated heterocycles. The van der Waals surface area contributed by atoms with Gasteiger partial charge >= 0.3 is 23.9 Å². The lowest BCUT2D eigenvalue weighted by Crippen LogP contribution is -2.11. The van der Waals surface area contributed by atoms with Crippen LogP contribution in [0.15, 0.2) is 127 Å². The quantitative estimate of drug-likeness (QED) is 0.0190. The second kappa shape index (κ2) is 29.9. The second-order valence-corrected chi connectivity index (χ2v) is 17.0. The minimum atomic E-state index is -0.661. The molecule has 0 amide bonds. The second-order valence-electron chi connectivity index (χ2n) is 17.0. The third-order valence-corrected chi connectivity index (χ3v) is 11.3. The number of unbranched alkanes of at least 4 members (excludes halogenated alkanes) is 15. The van der Waals surface area contributed by atoms with Gasteiger partial charge in [-0.25, -0.2) is 19.2 Å². The predicted molar refractivity (Wildman–Crippen MR) is 267 cm³/mol. The molecule has 0 fully saturated rings. The molecule has 0 aliphatic heterocycles. The van der Waals surface area contributed by atoms with Crippen LogP contribution in [0.3, 0.4) is 0 Å². The maximum absolute atomic E-state index is 13.0. The van der Waals surface area contributed by atoms with E-state index in [4.69, 9.17) is 28.4 Å². The smallest absolute Gasteiger partial charge is 0.343 e. The summed E-state index contributed by atoms with van der Waals surface area (Å²) >= 11 is 0. The lowest BCUT2D eigenvalue weighted by Gasteiger charge is -2.09. The maximum Gasteiger partial charge on any atom is 0.343 e. The first-order valence-corrected chi connectivity index (χ1v) is 24.5. The summed E-state index contributed by atoms with van der Waals surface area (Å²) in [6.45, 7) is 7.47. The topological polar surface area (TPSA) is 124 Å². The molecular formula is C58H68O10. The van der Waals surface area contributed by atoms with E-state index in [2.05, 4.69) is 13.8 Å². The van der Waals surface area contributed by atoms with Gasteiger partial charge in [-0.3, -0.25) is 0 Å². The molecule has 360 valence electrons. The summed E-state index contributed by atoms with van der Waals surface area (Å²) in [6, 6.07) is 32.6. The van der Waals surface area contributed by atoms with Crippen molar-refractivity contribution in [1.29, 1.82) is 0 Å². The molecule has 0 aromatic heterocycles. The van der Waals surface area contributed by atoms with E-state index in [1.54, 1.807) is 55.5 Å². The number of hydrogen-bond acceptors (Lipinski definition) is 10. The Kier molecular flexibility index (Phi) is 23.0. The number of hydrogen-bond donors (Lipinski definition) is 0. The van der Waals surface area contributed by atoms with Crippen LogP contribution in [0.1, 0.15) is 167 Å². The molecule has 0 spiro atoms. The van der Waals surface area contributed by atoms with Crippen LogP contribution in [-0.2, 0) is 4.79 Å². The summed E-state index contributed by atoms with van der Waals surface area (Å²) < 4.78 is 33.9. The van der Waals surface area contributed by atoms with Gasteiger partial charge in [-0.05, 0) is 128 Å². The van der Waals surface area contributed by atoms with Gasteiger partial charge in [0, 0.05) is 11.6 Å². The lowest BCUT2D eigenvalue weighted by molar-refractivity contribution is -0.130. The molecule has 0 aliphatic rings. The highest BCUT2D eigenvalue weighted by Crippen LogP contribution is 2.24. The molecule has 0 saturated carbocycles. The molecule has 10 nitrogen and oxygen atoms in total. The van der Waals surface area contributed by atoms with Crippen LogP contribution in [0.25, 0.3) is 6.08 Å². The van der Waals surface area contributed by atoms with Crippen LogP contribution < -0.4 is 28.4 Å². The van der Waals surface area contributed by atoms with E-state index in [0.717, 1.165) is 30.6 Å². The summed E-state index contributed by atoms with van der Waals surface area (Å²) in [5.74, 6) is -0.0602. The molecule has 5 aromatic rings. The van der Waals surface area contributed by atoms with Gasteiger partial charge < -0.3 is 28.4 Å². The average Bonchev–Trinajstić information content (AvgIpc) is 3.35. The van der Waals surface area contributed by atoms with Crippen molar-refractivity contribution in [3.63, 3.8) is 0 Å². The maximum atomic E-state index is 13.0. The largest absolute Gasteiger partial charge is 0.494 e. The van der Waals surface area contributed by atoms with E-state index < -0.39 is 23.9 Å². The van der Waals surface area contributed by atoms with Crippen LogP contribution >= 0.6 is 0 Å². The zero-order chi connectivity index (χ0) is 48.2. The Morgan fingerprint density at radius 1 is 0.382 bits per heavy atom. The predicted octanol–water partition coefficient (Wildman–Crippen LogP) is 14.8. The molecular weight excluding hydrogens is 857 g/mol. The number of carbonyl (C=O) groups is 4. The number of esters is 4. The van der Waals surface area contributed by atoms with Crippen molar-refractivity contribution in [3.05, 3.63) is 149 Å². The number of rotatable bonds is 30. The van der Waals surface area contributed by atoms with Gasteiger partial charge in [0.25, 0.3) is 0 Å². The van der Waals surface area contributed by atoms with Gasteiger partial charge in [-0.15, -0.1) is 0 Å². The van der Waals surface area contributed by atoms with Crippen LogP contribution in [0, 0.1) is 0 Å². The monoisotopic (exact) mass is 924 g/mol. The highest BCUT2D eigenvalue weighted by molar-refractivity contribution is 5.95. The molecule has 0 heterocycles. The minimum Gasteiger partial charge on any atom is -0.494 e. The summed E-state index contributed by atoms with van der Waals surface area (Å²) in [5.41, 5.74) is 2.05. The molecule has 10 heteroatoms. The van der Waals surface area contributed by atoms with Crippen molar-refractivity contribution in [2.45, 2.75) is 130 Å². The van der Waals surface area contributed by atoms with Gasteiger partial charge in [0.05, 0.1) is 29.9 Å². The Balaban J connectivity index is 0.997. The third-order valence-electron chi connectivity index (χ3n) is 11.3. The molecule has 0 radical (unpaired) electrons. The SMILES string of the molecule is CCCCCCCCCCCCOc1ccc(C(=O)Oc2ccc(C(=O)Oc3cccc(OC(=O)c4ccc(OC(=O)/C(C)=C/c5ccc(OCCCCCCCCC)cc5)cc4)c3)cc2)cc1. The van der Waals surface area contributed by atoms with Crippen molar-refractivity contribution in [3.8, 4) is 34.5 Å². The zero-order valence-corrected chi connectivity index (χ0v) is 40.1. The summed E-state index contributed by atoms with van der Waals surface area (Å²) in [6.07, 6.45) is 23.0. The number of ether oxygens (including phenoxy) is 6. The van der Waals surface area contributed by atoms with Crippen molar-refractivity contribution in [1.82, 2.24) is 0 Å². The van der Waals surface area contributed by atoms with Gasteiger partial charge in [0.1, 0.15) is 34.5 Å². The van der Waals surface area contributed by atoms with Gasteiger partial charge in [0.2, 0.25) is 0 Å². The molecule has 68 heavy (non-hydrogen) atoms. The van der Waals surface area contributed by atoms with Crippen LogP contribution in [-0.4, -0.2) is 37.1 Å². The summed E-state index contributed by atoms with van der Waals surface area (Å²) in [7, 11) is 0. The zero-order valence-electron chi connectivity index (χ0n) is 40.1. The Labute approximate surface area is 403 Å². The molecule has 0 bridgehead atoms. The molecule has 5 aromatic carbocycles. The first-order valence-electron chi connectivity index (χ1n) is 24.5. The van der Waals surface area contributed by atoms with Crippen molar-refractivity contribution >= 4 is 30.0 Å². The first-order chi connectivity index (χ1) is 33.2. The Hall–Kier alpha value is -6.68. The van der Waals surface area contributed by atoms with E-state index in [0.29, 0.717) is 30.1 Å². The minimum absolute atomic E-state index is 0.153. The van der Waals surface area contributed by atoms with Crippen molar-refractivity contribution in [2.24, 2.45) is 0 Å². The Morgan fingerprint density at radius 3 is 1.13 bits per heavy atom. The summed E-state index contributed by atoms with van der Waals surface area (Å²) in [4.78, 5) is 51.6. The fraction of sp³-hybridized carbons (Fsp3) is 0.379. The summed E-state index contributed by atoms with van der Waals surface area (Å²) in [5, 5.41) is 0. The number of benzene rings is 5.